The van der Waals surface area contributed by atoms with Crippen molar-refractivity contribution in [3.63, 3.8) is 0 Å². The van der Waals surface area contributed by atoms with Crippen LogP contribution in [-0.4, -0.2) is 19.2 Å². The fourth-order valence-corrected chi connectivity index (χ4v) is 0. The molecule has 0 bridgehead atoms. The van der Waals surface area contributed by atoms with Gasteiger partial charge in [0.05, 0.1) is 6.26 Å². The summed E-state index contributed by atoms with van der Waals surface area (Å²) >= 11 is 0. The first-order valence-corrected chi connectivity index (χ1v) is 2.77. The highest BCUT2D eigenvalue weighted by Crippen LogP contribution is 1.60. The summed E-state index contributed by atoms with van der Waals surface area (Å²) in [6.45, 7) is 0. The second-order valence-electron chi connectivity index (χ2n) is 0.733. The first kappa shape index (κ1) is 9.60. The van der Waals surface area contributed by atoms with Crippen molar-refractivity contribution < 1.29 is 13.0 Å². The van der Waals surface area contributed by atoms with Crippen molar-refractivity contribution in [1.29, 1.82) is 0 Å². The van der Waals surface area contributed by atoms with Crippen molar-refractivity contribution in [3.05, 3.63) is 0 Å². The molecule has 3 nitrogen and oxygen atoms in total. The number of hydrogen-bond acceptors (Lipinski definition) is 2. The van der Waals surface area contributed by atoms with Gasteiger partial charge in [-0.25, -0.2) is 0 Å². The van der Waals surface area contributed by atoms with E-state index in [1.807, 2.05) is 0 Å². The van der Waals surface area contributed by atoms with E-state index < -0.39 is 10.1 Å². The molecule has 6 heavy (non-hydrogen) atoms. The summed E-state index contributed by atoms with van der Waals surface area (Å²) in [7, 11) is -3.67. The Balaban J connectivity index is 0. The predicted octanol–water partition coefficient (Wildman–Crippen LogP) is -0.438. The molecule has 0 radical (unpaired) electrons. The van der Waals surface area contributed by atoms with Gasteiger partial charge in [0.2, 0.25) is 0 Å². The smallest absolute Gasteiger partial charge is 0.261 e. The Morgan fingerprint density at radius 1 is 1.50 bits per heavy atom. The quantitative estimate of drug-likeness (QED) is 0.357. The first-order valence-electron chi connectivity index (χ1n) is 0.924. The van der Waals surface area contributed by atoms with Crippen LogP contribution in [0.3, 0.4) is 0 Å². The van der Waals surface area contributed by atoms with E-state index in [-0.39, 0.29) is 9.90 Å². The predicted molar refractivity (Wildman–Crippen MR) is 28.6 cm³/mol. The van der Waals surface area contributed by atoms with Crippen LogP contribution in [-0.2, 0) is 10.1 Å². The maximum absolute atomic E-state index is 9.19. The highest BCUT2D eigenvalue weighted by atomic mass is 32.2. The van der Waals surface area contributed by atoms with Crippen molar-refractivity contribution in [2.24, 2.45) is 0 Å². The Hall–Kier alpha value is 0.340. The van der Waals surface area contributed by atoms with Crippen molar-refractivity contribution >= 4 is 20.0 Å². The molecule has 0 aromatic rings. The summed E-state index contributed by atoms with van der Waals surface area (Å²) in [6.07, 6.45) is 0.715. The maximum atomic E-state index is 9.19. The molecule has 0 heterocycles. The van der Waals surface area contributed by atoms with Gasteiger partial charge in [-0.1, -0.05) is 0 Å². The van der Waals surface area contributed by atoms with Gasteiger partial charge < -0.3 is 0 Å². The zero-order chi connectivity index (χ0) is 4.50. The molecule has 0 fully saturated rings. The van der Waals surface area contributed by atoms with Gasteiger partial charge in [-0.2, -0.15) is 18.3 Å². The Morgan fingerprint density at radius 3 is 1.50 bits per heavy atom. The molecule has 0 amide bonds. The minimum atomic E-state index is -3.67. The molecule has 5 heteroatoms. The lowest BCUT2D eigenvalue weighted by Crippen LogP contribution is -1.88. The zero-order valence-electron chi connectivity index (χ0n) is 3.38. The minimum absolute atomic E-state index is 0. The molecule has 0 aromatic carbocycles. The molecule has 0 spiro atoms. The Morgan fingerprint density at radius 2 is 1.50 bits per heavy atom. The van der Waals surface area contributed by atoms with Crippen molar-refractivity contribution in [2.75, 3.05) is 6.26 Å². The van der Waals surface area contributed by atoms with Gasteiger partial charge in [0.15, 0.2) is 0 Å². The van der Waals surface area contributed by atoms with E-state index in [4.69, 9.17) is 4.55 Å². The Bertz CT molecular complexity index is 94.0. The molecule has 0 saturated heterocycles. The SMILES string of the molecule is CS(=O)(=O)O.P. The van der Waals surface area contributed by atoms with Crippen LogP contribution in [0.15, 0.2) is 0 Å². The average Bonchev–Trinajstić information content (AvgIpc) is 0.722. The van der Waals surface area contributed by atoms with Crippen molar-refractivity contribution in [3.8, 4) is 0 Å². The lowest BCUT2D eigenvalue weighted by Gasteiger charge is -1.69. The third-order valence-corrected chi connectivity index (χ3v) is 0. The van der Waals surface area contributed by atoms with E-state index in [1.54, 1.807) is 0 Å². The Kier molecular flexibility index (Phi) is 4.00. The monoisotopic (exact) mass is 130 g/mol. The summed E-state index contributed by atoms with van der Waals surface area (Å²) in [4.78, 5) is 0. The topological polar surface area (TPSA) is 54.4 Å². The molecule has 0 rings (SSSR count). The molecule has 0 aliphatic rings. The highest BCUT2D eigenvalue weighted by molar-refractivity contribution is 7.85. The van der Waals surface area contributed by atoms with Crippen molar-refractivity contribution in [2.45, 2.75) is 0 Å². The van der Waals surface area contributed by atoms with Crippen LogP contribution in [0.1, 0.15) is 0 Å². The molecule has 0 aliphatic heterocycles. The maximum Gasteiger partial charge on any atom is 0.261 e. The van der Waals surface area contributed by atoms with E-state index in [0.717, 1.165) is 0 Å². The molecule has 0 saturated carbocycles. The molecule has 0 aliphatic carbocycles. The van der Waals surface area contributed by atoms with E-state index in [2.05, 4.69) is 0 Å². The number of hydrogen-bond donors (Lipinski definition) is 1. The van der Waals surface area contributed by atoms with Gasteiger partial charge in [-0.15, -0.1) is 0 Å². The highest BCUT2D eigenvalue weighted by Gasteiger charge is 1.81. The molecule has 1 atom stereocenters. The third kappa shape index (κ3) is 419. The second-order valence-corrected chi connectivity index (χ2v) is 2.20. The molecule has 40 valence electrons. The third-order valence-electron chi connectivity index (χ3n) is 0. The van der Waals surface area contributed by atoms with Crippen LogP contribution in [0.2, 0.25) is 0 Å². The molecular weight excluding hydrogens is 123 g/mol. The first-order chi connectivity index (χ1) is 2.00. The fraction of sp³-hybridized carbons (Fsp3) is 1.00. The molecule has 1 N–H and O–H groups in total. The Labute approximate surface area is 40.1 Å². The van der Waals surface area contributed by atoms with Gasteiger partial charge >= 0.3 is 0 Å². The average molecular weight is 130 g/mol. The van der Waals surface area contributed by atoms with Gasteiger partial charge in [0.1, 0.15) is 0 Å². The number of rotatable bonds is 0. The summed E-state index contributed by atoms with van der Waals surface area (Å²) in [5.41, 5.74) is 0. The second kappa shape index (κ2) is 2.50. The normalized spacial score (nSPS) is 9.67. The summed E-state index contributed by atoms with van der Waals surface area (Å²) in [5, 5.41) is 0. The van der Waals surface area contributed by atoms with Crippen LogP contribution < -0.4 is 0 Å². The van der Waals surface area contributed by atoms with E-state index in [1.165, 1.54) is 0 Å². The van der Waals surface area contributed by atoms with E-state index >= 15 is 0 Å². The van der Waals surface area contributed by atoms with E-state index in [0.29, 0.717) is 6.26 Å². The summed E-state index contributed by atoms with van der Waals surface area (Å²) in [5.74, 6) is 0. The zero-order valence-corrected chi connectivity index (χ0v) is 5.61. The van der Waals surface area contributed by atoms with Gasteiger partial charge in [-0.05, 0) is 0 Å². The van der Waals surface area contributed by atoms with Crippen molar-refractivity contribution in [1.82, 2.24) is 0 Å². The van der Waals surface area contributed by atoms with Crippen LogP contribution >= 0.6 is 9.90 Å². The summed E-state index contributed by atoms with van der Waals surface area (Å²) in [6, 6.07) is 0. The van der Waals surface area contributed by atoms with Crippen LogP contribution in [0.25, 0.3) is 0 Å². The lowest BCUT2D eigenvalue weighted by molar-refractivity contribution is 0.490. The molecule has 1 unspecified atom stereocenters. The van der Waals surface area contributed by atoms with Gasteiger partial charge in [0, 0.05) is 0 Å². The van der Waals surface area contributed by atoms with Gasteiger partial charge in [-0.3, -0.25) is 4.55 Å². The standard InChI is InChI=1S/CH4O3S.H3P/c1-5(2,3)4;/h1H3,(H,2,3,4);1H3. The summed E-state index contributed by atoms with van der Waals surface area (Å²) < 4.78 is 25.9. The molecule has 0 aromatic heterocycles. The van der Waals surface area contributed by atoms with Crippen LogP contribution in [0.5, 0.6) is 0 Å². The van der Waals surface area contributed by atoms with Gasteiger partial charge in [0.25, 0.3) is 10.1 Å². The largest absolute Gasteiger partial charge is 0.286 e. The van der Waals surface area contributed by atoms with Crippen LogP contribution in [0.4, 0.5) is 0 Å². The fourth-order valence-electron chi connectivity index (χ4n) is 0. The lowest BCUT2D eigenvalue weighted by atomic mass is 12.0. The van der Waals surface area contributed by atoms with E-state index in [9.17, 15) is 8.42 Å². The molecular formula is CH7O3PS. The van der Waals surface area contributed by atoms with Crippen LogP contribution in [0, 0.1) is 0 Å². The minimum Gasteiger partial charge on any atom is -0.286 e.